The van der Waals surface area contributed by atoms with E-state index < -0.39 is 12.0 Å². The van der Waals surface area contributed by atoms with Crippen LogP contribution in [0.15, 0.2) is 36.7 Å². The summed E-state index contributed by atoms with van der Waals surface area (Å²) in [6.07, 6.45) is 3.00. The zero-order valence-corrected chi connectivity index (χ0v) is 16.9. The second-order valence-electron chi connectivity index (χ2n) is 7.06. The number of amides is 1. The zero-order valence-electron chi connectivity index (χ0n) is 16.1. The lowest BCUT2D eigenvalue weighted by Gasteiger charge is -2.21. The summed E-state index contributed by atoms with van der Waals surface area (Å²) in [7, 11) is 0. The van der Waals surface area contributed by atoms with E-state index in [1.807, 2.05) is 18.2 Å². The third-order valence-electron chi connectivity index (χ3n) is 5.22. The Morgan fingerprint density at radius 3 is 2.83 bits per heavy atom. The Morgan fingerprint density at radius 1 is 1.28 bits per heavy atom. The molecule has 4 rings (SSSR count). The number of nitrogens with zero attached hydrogens (tertiary/aromatic N) is 3. The second kappa shape index (κ2) is 8.16. The van der Waals surface area contributed by atoms with Gasteiger partial charge in [0.1, 0.15) is 23.0 Å². The zero-order chi connectivity index (χ0) is 20.4. The van der Waals surface area contributed by atoms with Crippen LogP contribution in [0.2, 0.25) is 0 Å². The molecule has 3 aromatic rings. The van der Waals surface area contributed by atoms with Gasteiger partial charge in [-0.05, 0) is 25.3 Å². The molecule has 1 unspecified atom stereocenters. The van der Waals surface area contributed by atoms with Crippen molar-refractivity contribution < 1.29 is 14.7 Å². The minimum Gasteiger partial charge on any atom is -0.480 e. The fourth-order valence-corrected chi connectivity index (χ4v) is 4.90. The second-order valence-corrected chi connectivity index (χ2v) is 8.27. The lowest BCUT2D eigenvalue weighted by molar-refractivity contribution is -0.148. The number of likely N-dealkylation sites (tertiary alicyclic amines) is 1. The minimum atomic E-state index is -0.928. The number of aryl methyl sites for hydroxylation is 1. The van der Waals surface area contributed by atoms with Crippen molar-refractivity contribution in [2.24, 2.45) is 0 Å². The molecule has 1 aliphatic heterocycles. The van der Waals surface area contributed by atoms with Gasteiger partial charge in [-0.1, -0.05) is 30.3 Å². The quantitative estimate of drug-likeness (QED) is 0.645. The predicted octanol–water partition coefficient (Wildman–Crippen LogP) is 3.54. The Labute approximate surface area is 172 Å². The number of nitrogens with one attached hydrogen (secondary N) is 1. The Morgan fingerprint density at radius 2 is 2.07 bits per heavy atom. The van der Waals surface area contributed by atoms with E-state index in [1.54, 1.807) is 11.3 Å². The van der Waals surface area contributed by atoms with E-state index in [-0.39, 0.29) is 12.3 Å². The number of carbonyl (C=O) groups is 2. The molecule has 0 spiro atoms. The van der Waals surface area contributed by atoms with Crippen molar-refractivity contribution in [3.8, 4) is 11.1 Å². The van der Waals surface area contributed by atoms with E-state index in [0.29, 0.717) is 25.3 Å². The molecule has 7 nitrogen and oxygen atoms in total. The number of carbonyl (C=O) groups excluding carboxylic acids is 1. The molecule has 1 atom stereocenters. The van der Waals surface area contributed by atoms with E-state index in [0.717, 1.165) is 32.6 Å². The van der Waals surface area contributed by atoms with Crippen LogP contribution in [0, 0.1) is 6.92 Å². The summed E-state index contributed by atoms with van der Waals surface area (Å²) in [5.74, 6) is -0.373. The highest BCUT2D eigenvalue weighted by Crippen LogP contribution is 2.40. The maximum atomic E-state index is 12.5. The standard InChI is InChI=1S/C21H22N4O3S/c1-13-17(14-6-3-2-4-7-14)18-19(23-12-24-20(18)29-13)22-10-9-16(26)25-11-5-8-15(25)21(27)28/h2-4,6-7,12,15H,5,8-11H2,1H3,(H,27,28)(H,22,23,24). The van der Waals surface area contributed by atoms with Crippen LogP contribution in [0.3, 0.4) is 0 Å². The van der Waals surface area contributed by atoms with E-state index in [1.165, 1.54) is 11.2 Å². The normalized spacial score (nSPS) is 16.3. The maximum absolute atomic E-state index is 12.5. The van der Waals surface area contributed by atoms with Crippen LogP contribution in [0.25, 0.3) is 21.3 Å². The Bertz CT molecular complexity index is 1050. The predicted molar refractivity (Wildman–Crippen MR) is 113 cm³/mol. The van der Waals surface area contributed by atoms with Crippen molar-refractivity contribution in [2.45, 2.75) is 32.2 Å². The molecule has 0 aliphatic carbocycles. The first-order valence-electron chi connectivity index (χ1n) is 9.62. The van der Waals surface area contributed by atoms with Crippen molar-refractivity contribution in [1.29, 1.82) is 0 Å². The number of benzene rings is 1. The summed E-state index contributed by atoms with van der Waals surface area (Å²) in [6, 6.07) is 9.42. The van der Waals surface area contributed by atoms with Gasteiger partial charge >= 0.3 is 5.97 Å². The Balaban J connectivity index is 1.53. The smallest absolute Gasteiger partial charge is 0.326 e. The van der Waals surface area contributed by atoms with Gasteiger partial charge in [-0.3, -0.25) is 4.79 Å². The Hall–Kier alpha value is -3.00. The lowest BCUT2D eigenvalue weighted by Crippen LogP contribution is -2.40. The Kier molecular flexibility index (Phi) is 5.44. The van der Waals surface area contributed by atoms with E-state index in [4.69, 9.17) is 0 Å². The minimum absolute atomic E-state index is 0.141. The lowest BCUT2D eigenvalue weighted by atomic mass is 10.0. The van der Waals surface area contributed by atoms with Crippen LogP contribution in [-0.4, -0.2) is 51.0 Å². The summed E-state index contributed by atoms with van der Waals surface area (Å²) < 4.78 is 0. The van der Waals surface area contributed by atoms with Crippen LogP contribution in [-0.2, 0) is 9.59 Å². The molecule has 8 heteroatoms. The average Bonchev–Trinajstić information content (AvgIpc) is 3.33. The van der Waals surface area contributed by atoms with Gasteiger partial charge in [0, 0.05) is 30.0 Å². The van der Waals surface area contributed by atoms with Crippen LogP contribution < -0.4 is 5.32 Å². The van der Waals surface area contributed by atoms with Crippen molar-refractivity contribution in [3.05, 3.63) is 41.5 Å². The van der Waals surface area contributed by atoms with Gasteiger partial charge in [-0.2, -0.15) is 0 Å². The molecule has 0 radical (unpaired) electrons. The molecule has 2 aromatic heterocycles. The van der Waals surface area contributed by atoms with E-state index in [2.05, 4.69) is 34.3 Å². The van der Waals surface area contributed by atoms with Crippen molar-refractivity contribution in [1.82, 2.24) is 14.9 Å². The van der Waals surface area contributed by atoms with Gasteiger partial charge < -0.3 is 15.3 Å². The third kappa shape index (κ3) is 3.80. The number of carboxylic acids is 1. The average molecular weight is 410 g/mol. The monoisotopic (exact) mass is 410 g/mol. The molecule has 1 aromatic carbocycles. The molecule has 1 saturated heterocycles. The number of aliphatic carboxylic acids is 1. The molecule has 1 aliphatic rings. The largest absolute Gasteiger partial charge is 0.480 e. The van der Waals surface area contributed by atoms with Gasteiger partial charge in [0.2, 0.25) is 5.91 Å². The molecule has 150 valence electrons. The summed E-state index contributed by atoms with van der Waals surface area (Å²) in [5.41, 5.74) is 2.21. The highest BCUT2D eigenvalue weighted by atomic mass is 32.1. The van der Waals surface area contributed by atoms with Crippen molar-refractivity contribution in [3.63, 3.8) is 0 Å². The van der Waals surface area contributed by atoms with Crippen LogP contribution >= 0.6 is 11.3 Å². The topological polar surface area (TPSA) is 95.4 Å². The number of aromatic nitrogens is 2. The summed E-state index contributed by atoms with van der Waals surface area (Å²) in [4.78, 5) is 36.2. The molecular formula is C21H22N4O3S. The molecule has 2 N–H and O–H groups in total. The molecular weight excluding hydrogens is 388 g/mol. The number of hydrogen-bond donors (Lipinski definition) is 2. The number of hydrogen-bond acceptors (Lipinski definition) is 6. The van der Waals surface area contributed by atoms with Crippen LogP contribution in [0.4, 0.5) is 5.82 Å². The fraction of sp³-hybridized carbons (Fsp3) is 0.333. The maximum Gasteiger partial charge on any atom is 0.326 e. The van der Waals surface area contributed by atoms with E-state index in [9.17, 15) is 14.7 Å². The molecule has 0 saturated carbocycles. The van der Waals surface area contributed by atoms with Gasteiger partial charge in [-0.25, -0.2) is 14.8 Å². The van der Waals surface area contributed by atoms with Crippen LogP contribution in [0.1, 0.15) is 24.1 Å². The summed E-state index contributed by atoms with van der Waals surface area (Å²) in [6.45, 7) is 2.97. The van der Waals surface area contributed by atoms with Crippen LogP contribution in [0.5, 0.6) is 0 Å². The molecule has 1 amide bonds. The highest BCUT2D eigenvalue weighted by molar-refractivity contribution is 7.19. The SMILES string of the molecule is Cc1sc2ncnc(NCCC(=O)N3CCCC3C(=O)O)c2c1-c1ccccc1. The number of fused-ring (bicyclic) bond motifs is 1. The van der Waals surface area contributed by atoms with Gasteiger partial charge in [0.25, 0.3) is 0 Å². The number of thiophene rings is 1. The molecule has 0 bridgehead atoms. The molecule has 1 fully saturated rings. The van der Waals surface area contributed by atoms with Crippen molar-refractivity contribution in [2.75, 3.05) is 18.4 Å². The van der Waals surface area contributed by atoms with E-state index >= 15 is 0 Å². The van der Waals surface area contributed by atoms with Gasteiger partial charge in [0.15, 0.2) is 0 Å². The first-order chi connectivity index (χ1) is 14.1. The number of anilines is 1. The highest BCUT2D eigenvalue weighted by Gasteiger charge is 2.33. The van der Waals surface area contributed by atoms with Gasteiger partial charge in [0.05, 0.1) is 5.39 Å². The number of rotatable bonds is 6. The fourth-order valence-electron chi connectivity index (χ4n) is 3.88. The van der Waals surface area contributed by atoms with Gasteiger partial charge in [-0.15, -0.1) is 11.3 Å². The van der Waals surface area contributed by atoms with Crippen molar-refractivity contribution >= 4 is 39.2 Å². The third-order valence-corrected chi connectivity index (χ3v) is 6.23. The first-order valence-corrected chi connectivity index (χ1v) is 10.4. The summed E-state index contributed by atoms with van der Waals surface area (Å²) >= 11 is 1.62. The summed E-state index contributed by atoms with van der Waals surface area (Å²) in [5, 5.41) is 13.5. The molecule has 3 heterocycles. The number of carboxylic acid groups (broad SMARTS) is 1. The first kappa shape index (κ1) is 19.3. The molecule has 29 heavy (non-hydrogen) atoms.